The first-order chi connectivity index (χ1) is 18.3. The van der Waals surface area contributed by atoms with Crippen LogP contribution in [-0.2, 0) is 4.79 Å². The Kier molecular flexibility index (Phi) is 7.84. The Labute approximate surface area is 227 Å². The number of rotatable bonds is 5. The number of halogens is 2. The lowest BCUT2D eigenvalue weighted by Crippen LogP contribution is -2.39. The van der Waals surface area contributed by atoms with Crippen LogP contribution < -0.4 is 0 Å². The van der Waals surface area contributed by atoms with Gasteiger partial charge in [0.15, 0.2) is 0 Å². The van der Waals surface area contributed by atoms with Crippen molar-refractivity contribution in [1.29, 1.82) is 5.41 Å². The second-order valence-electron chi connectivity index (χ2n) is 10.2. The summed E-state index contributed by atoms with van der Waals surface area (Å²) in [7, 11) is 0. The molecule has 7 heteroatoms. The van der Waals surface area contributed by atoms with Crippen molar-refractivity contribution < 1.29 is 13.6 Å². The Morgan fingerprint density at radius 3 is 2.50 bits per heavy atom. The summed E-state index contributed by atoms with van der Waals surface area (Å²) in [6.07, 6.45) is 8.39. The monoisotopic (exact) mass is 533 g/mol. The molecule has 198 valence electrons. The molecule has 0 fully saturated rings. The number of carbonyl (C=O) groups is 1. The van der Waals surface area contributed by atoms with Crippen LogP contribution in [0.25, 0.3) is 11.3 Å². The van der Waals surface area contributed by atoms with Gasteiger partial charge in [-0.25, -0.2) is 8.78 Å². The van der Waals surface area contributed by atoms with E-state index in [0.29, 0.717) is 23.7 Å². The van der Waals surface area contributed by atoms with Crippen LogP contribution in [0.5, 0.6) is 0 Å². The second kappa shape index (κ2) is 11.3. The van der Waals surface area contributed by atoms with Crippen molar-refractivity contribution in [1.82, 2.24) is 9.80 Å². The summed E-state index contributed by atoms with van der Waals surface area (Å²) >= 11 is 1.57. The van der Waals surface area contributed by atoms with Gasteiger partial charge in [-0.05, 0) is 103 Å². The SMILES string of the molecule is CCC1C=C(c2ccc(F)cc2)N(CC(=O)N2CCC3=C(CC2)SC(=N)CC3)C=C1c1ccc(F)c(C)c1. The molecule has 0 bridgehead atoms. The maximum atomic E-state index is 14.0. The molecule has 2 aromatic rings. The van der Waals surface area contributed by atoms with Crippen LogP contribution >= 0.6 is 11.8 Å². The first kappa shape index (κ1) is 26.4. The number of benzene rings is 2. The predicted molar refractivity (Wildman–Crippen MR) is 151 cm³/mol. The van der Waals surface area contributed by atoms with Gasteiger partial charge in [-0.1, -0.05) is 36.4 Å². The maximum Gasteiger partial charge on any atom is 0.242 e. The first-order valence-corrected chi connectivity index (χ1v) is 14.1. The maximum absolute atomic E-state index is 14.0. The van der Waals surface area contributed by atoms with E-state index in [9.17, 15) is 13.6 Å². The number of hydrogen-bond donors (Lipinski definition) is 1. The van der Waals surface area contributed by atoms with Crippen molar-refractivity contribution in [3.63, 3.8) is 0 Å². The van der Waals surface area contributed by atoms with Crippen molar-refractivity contribution in [2.24, 2.45) is 5.92 Å². The lowest BCUT2D eigenvalue weighted by atomic mass is 9.86. The molecule has 38 heavy (non-hydrogen) atoms. The molecule has 0 aliphatic carbocycles. The topological polar surface area (TPSA) is 47.4 Å². The van der Waals surface area contributed by atoms with E-state index < -0.39 is 0 Å². The summed E-state index contributed by atoms with van der Waals surface area (Å²) in [6, 6.07) is 11.6. The van der Waals surface area contributed by atoms with E-state index >= 15 is 0 Å². The molecule has 1 N–H and O–H groups in total. The molecule has 3 aliphatic rings. The van der Waals surface area contributed by atoms with E-state index in [1.807, 2.05) is 22.1 Å². The van der Waals surface area contributed by atoms with E-state index in [1.165, 1.54) is 28.7 Å². The molecule has 0 radical (unpaired) electrons. The standard InChI is InChI=1S/C31H33F2N3OS/c1-3-21-17-28(22-4-8-25(32)9-5-22)36(18-26(21)24-6-10-27(33)20(2)16-24)19-31(37)35-14-12-23-7-11-30(34)38-29(23)13-15-35/h4-6,8-10,16-18,21,34H,3,7,11-15,19H2,1-2H3. The van der Waals surface area contributed by atoms with Crippen molar-refractivity contribution in [2.45, 2.75) is 46.0 Å². The Hall–Kier alpha value is -3.19. The van der Waals surface area contributed by atoms with Crippen LogP contribution in [0.4, 0.5) is 8.78 Å². The van der Waals surface area contributed by atoms with Gasteiger partial charge in [0.2, 0.25) is 5.91 Å². The number of nitrogens with zero attached hydrogens (tertiary/aromatic N) is 2. The average molecular weight is 534 g/mol. The molecule has 1 amide bonds. The fourth-order valence-electron chi connectivity index (χ4n) is 5.45. The van der Waals surface area contributed by atoms with Crippen molar-refractivity contribution >= 4 is 34.0 Å². The molecule has 0 saturated carbocycles. The lowest BCUT2D eigenvalue weighted by molar-refractivity contribution is -0.131. The molecule has 2 aromatic carbocycles. The zero-order valence-electron chi connectivity index (χ0n) is 21.9. The fourth-order valence-corrected chi connectivity index (χ4v) is 6.50. The van der Waals surface area contributed by atoms with Gasteiger partial charge in [0.1, 0.15) is 18.2 Å². The van der Waals surface area contributed by atoms with Crippen LogP contribution in [0, 0.1) is 29.9 Å². The largest absolute Gasteiger partial charge is 0.340 e. The van der Waals surface area contributed by atoms with Gasteiger partial charge >= 0.3 is 0 Å². The zero-order valence-corrected chi connectivity index (χ0v) is 22.7. The van der Waals surface area contributed by atoms with E-state index in [-0.39, 0.29) is 30.0 Å². The Morgan fingerprint density at radius 1 is 1.03 bits per heavy atom. The third kappa shape index (κ3) is 5.63. The van der Waals surface area contributed by atoms with Gasteiger partial charge in [0.05, 0.1) is 5.04 Å². The van der Waals surface area contributed by atoms with Gasteiger partial charge < -0.3 is 9.80 Å². The van der Waals surface area contributed by atoms with Crippen LogP contribution in [0.15, 0.2) is 65.2 Å². The molecular weight excluding hydrogens is 500 g/mol. The highest BCUT2D eigenvalue weighted by Gasteiger charge is 2.28. The van der Waals surface area contributed by atoms with Gasteiger partial charge in [0.25, 0.3) is 0 Å². The number of allylic oxidation sites excluding steroid dienone is 2. The molecule has 0 saturated heterocycles. The normalized spacial score (nSPS) is 20.1. The molecule has 3 heterocycles. The third-order valence-electron chi connectivity index (χ3n) is 7.68. The third-order valence-corrected chi connectivity index (χ3v) is 8.87. The number of amides is 1. The molecular formula is C31H33F2N3OS. The Bertz CT molecular complexity index is 1350. The van der Waals surface area contributed by atoms with Gasteiger partial charge in [-0.3, -0.25) is 10.2 Å². The lowest BCUT2D eigenvalue weighted by Gasteiger charge is -2.34. The summed E-state index contributed by atoms with van der Waals surface area (Å²) in [5, 5.41) is 8.75. The summed E-state index contributed by atoms with van der Waals surface area (Å²) in [6.45, 7) is 5.36. The van der Waals surface area contributed by atoms with Gasteiger partial charge in [-0.15, -0.1) is 0 Å². The zero-order chi connectivity index (χ0) is 26.8. The van der Waals surface area contributed by atoms with E-state index in [4.69, 9.17) is 5.41 Å². The summed E-state index contributed by atoms with van der Waals surface area (Å²) in [4.78, 5) is 18.8. The molecule has 0 spiro atoms. The highest BCUT2D eigenvalue weighted by molar-refractivity contribution is 8.17. The molecule has 3 aliphatic heterocycles. The quantitative estimate of drug-likeness (QED) is 0.436. The van der Waals surface area contributed by atoms with E-state index in [2.05, 4.69) is 13.0 Å². The highest BCUT2D eigenvalue weighted by Crippen LogP contribution is 2.39. The molecule has 1 unspecified atom stereocenters. The van der Waals surface area contributed by atoms with E-state index in [0.717, 1.165) is 54.5 Å². The second-order valence-corrected chi connectivity index (χ2v) is 11.4. The minimum Gasteiger partial charge on any atom is -0.340 e. The fraction of sp³-hybridized carbons (Fsp3) is 0.355. The summed E-state index contributed by atoms with van der Waals surface area (Å²) < 4.78 is 27.8. The number of hydrogen-bond acceptors (Lipinski definition) is 4. The predicted octanol–water partition coefficient (Wildman–Crippen LogP) is 7.38. The van der Waals surface area contributed by atoms with Crippen LogP contribution in [0.3, 0.4) is 0 Å². The number of aryl methyl sites for hydroxylation is 1. The minimum absolute atomic E-state index is 0.0405. The van der Waals surface area contributed by atoms with Crippen LogP contribution in [-0.4, -0.2) is 40.4 Å². The van der Waals surface area contributed by atoms with Crippen LogP contribution in [0.1, 0.15) is 55.7 Å². The smallest absolute Gasteiger partial charge is 0.242 e. The minimum atomic E-state index is -0.301. The molecule has 0 aromatic heterocycles. The van der Waals surface area contributed by atoms with Gasteiger partial charge in [0, 0.05) is 30.9 Å². The number of thioether (sulfide) groups is 1. The average Bonchev–Trinajstić information content (AvgIpc) is 3.13. The van der Waals surface area contributed by atoms with Crippen LogP contribution in [0.2, 0.25) is 0 Å². The summed E-state index contributed by atoms with van der Waals surface area (Å²) in [5.74, 6) is -0.421. The first-order valence-electron chi connectivity index (χ1n) is 13.3. The molecule has 4 nitrogen and oxygen atoms in total. The summed E-state index contributed by atoms with van der Waals surface area (Å²) in [5.41, 5.74) is 5.69. The van der Waals surface area contributed by atoms with E-state index in [1.54, 1.807) is 36.9 Å². The molecule has 1 atom stereocenters. The number of nitrogens with one attached hydrogen (secondary N) is 1. The van der Waals surface area contributed by atoms with Crippen molar-refractivity contribution in [3.05, 3.63) is 93.5 Å². The van der Waals surface area contributed by atoms with Crippen molar-refractivity contribution in [2.75, 3.05) is 19.6 Å². The molecule has 5 rings (SSSR count). The Morgan fingerprint density at radius 2 is 1.76 bits per heavy atom. The highest BCUT2D eigenvalue weighted by atomic mass is 32.2. The Balaban J connectivity index is 1.43. The number of carbonyl (C=O) groups excluding carboxylic acids is 1. The van der Waals surface area contributed by atoms with Gasteiger partial charge in [-0.2, -0.15) is 0 Å². The van der Waals surface area contributed by atoms with Crippen molar-refractivity contribution in [3.8, 4) is 0 Å².